The number of piperidine rings is 1. The maximum absolute atomic E-state index is 6.29. The predicted octanol–water partition coefficient (Wildman–Crippen LogP) is 6.35. The van der Waals surface area contributed by atoms with Crippen LogP contribution in [-0.4, -0.2) is 30.6 Å². The topological polar surface area (TPSA) is 12.5 Å². The van der Waals surface area contributed by atoms with E-state index in [0.717, 1.165) is 4.34 Å². The normalized spacial score (nSPS) is 29.1. The third kappa shape index (κ3) is 3.42. The summed E-state index contributed by atoms with van der Waals surface area (Å²) >= 11 is 20.3. The molecule has 4 unspecified atom stereocenters. The monoisotopic (exact) mass is 415 g/mol. The van der Waals surface area contributed by atoms with Crippen LogP contribution in [0.4, 0.5) is 0 Å². The van der Waals surface area contributed by atoms with Crippen LogP contribution >= 0.6 is 46.1 Å². The van der Waals surface area contributed by atoms with Gasteiger partial charge in [0.2, 0.25) is 0 Å². The maximum Gasteiger partial charge on any atom is 0.139 e. The SMILES string of the molecule is CN1C2CCC1C(COc1cccc(Cl)c1Cl)C(c1ccc(Cl)s1)C2. The smallest absolute Gasteiger partial charge is 0.139 e. The second kappa shape index (κ2) is 7.28. The Morgan fingerprint density at radius 3 is 2.76 bits per heavy atom. The summed E-state index contributed by atoms with van der Waals surface area (Å²) < 4.78 is 7.00. The molecule has 0 aliphatic carbocycles. The first-order chi connectivity index (χ1) is 12.0. The fourth-order valence-corrected chi connectivity index (χ4v) is 6.04. The Bertz CT molecular complexity index is 765. The molecule has 0 saturated carbocycles. The average molecular weight is 417 g/mol. The summed E-state index contributed by atoms with van der Waals surface area (Å²) in [5.41, 5.74) is 0. The highest BCUT2D eigenvalue weighted by atomic mass is 35.5. The lowest BCUT2D eigenvalue weighted by molar-refractivity contribution is 0.0677. The zero-order valence-corrected chi connectivity index (χ0v) is 17.0. The Kier molecular flexibility index (Phi) is 5.23. The largest absolute Gasteiger partial charge is 0.492 e. The molecule has 4 rings (SSSR count). The first-order valence-electron chi connectivity index (χ1n) is 8.58. The summed E-state index contributed by atoms with van der Waals surface area (Å²) in [6.07, 6.45) is 3.67. The van der Waals surface area contributed by atoms with Crippen LogP contribution < -0.4 is 4.74 Å². The van der Waals surface area contributed by atoms with E-state index in [0.29, 0.717) is 46.3 Å². The Morgan fingerprint density at radius 1 is 1.16 bits per heavy atom. The maximum atomic E-state index is 6.29. The van der Waals surface area contributed by atoms with Gasteiger partial charge in [0.15, 0.2) is 0 Å². The third-order valence-corrected chi connectivity index (χ3v) is 7.90. The molecule has 4 atom stereocenters. The lowest BCUT2D eigenvalue weighted by Gasteiger charge is -2.42. The minimum atomic E-state index is 0.425. The van der Waals surface area contributed by atoms with Crippen LogP contribution in [0.5, 0.6) is 5.75 Å². The standard InChI is InChI=1S/C19H20Cl3NOS/c1-23-11-5-6-15(23)13(12(9-11)17-7-8-18(21)25-17)10-24-16-4-2-3-14(20)19(16)22/h2-4,7-8,11-13,15H,5-6,9-10H2,1H3. The van der Waals surface area contributed by atoms with Gasteiger partial charge in [-0.3, -0.25) is 0 Å². The zero-order chi connectivity index (χ0) is 17.6. The van der Waals surface area contributed by atoms with Gasteiger partial charge >= 0.3 is 0 Å². The molecule has 0 radical (unpaired) electrons. The zero-order valence-electron chi connectivity index (χ0n) is 13.9. The highest BCUT2D eigenvalue weighted by Crippen LogP contribution is 2.48. The van der Waals surface area contributed by atoms with Gasteiger partial charge in [0.05, 0.1) is 16.0 Å². The molecule has 2 nitrogen and oxygen atoms in total. The van der Waals surface area contributed by atoms with Crippen LogP contribution in [0.15, 0.2) is 30.3 Å². The molecule has 134 valence electrons. The summed E-state index contributed by atoms with van der Waals surface area (Å²) in [4.78, 5) is 3.92. The second-order valence-electron chi connectivity index (χ2n) is 6.97. The number of ether oxygens (including phenoxy) is 1. The van der Waals surface area contributed by atoms with E-state index in [9.17, 15) is 0 Å². The van der Waals surface area contributed by atoms with Gasteiger partial charge in [-0.1, -0.05) is 40.9 Å². The fourth-order valence-electron chi connectivity index (χ4n) is 4.44. The van der Waals surface area contributed by atoms with Crippen molar-refractivity contribution in [3.8, 4) is 5.75 Å². The van der Waals surface area contributed by atoms with Crippen LogP contribution in [0.2, 0.25) is 14.4 Å². The van der Waals surface area contributed by atoms with E-state index in [-0.39, 0.29) is 0 Å². The van der Waals surface area contributed by atoms with Gasteiger partial charge in [-0.15, -0.1) is 11.3 Å². The van der Waals surface area contributed by atoms with E-state index >= 15 is 0 Å². The summed E-state index contributed by atoms with van der Waals surface area (Å²) in [6.45, 7) is 0.641. The predicted molar refractivity (Wildman–Crippen MR) is 107 cm³/mol. The van der Waals surface area contributed by atoms with Crippen LogP contribution in [-0.2, 0) is 0 Å². The van der Waals surface area contributed by atoms with Crippen molar-refractivity contribution < 1.29 is 4.74 Å². The summed E-state index contributed by atoms with van der Waals surface area (Å²) in [5, 5.41) is 1.02. The van der Waals surface area contributed by atoms with E-state index in [1.54, 1.807) is 17.4 Å². The van der Waals surface area contributed by atoms with Crippen molar-refractivity contribution in [1.29, 1.82) is 0 Å². The molecule has 0 spiro atoms. The van der Waals surface area contributed by atoms with E-state index < -0.39 is 0 Å². The number of rotatable bonds is 4. The van der Waals surface area contributed by atoms with Crippen LogP contribution in [0.1, 0.15) is 30.1 Å². The van der Waals surface area contributed by atoms with E-state index in [1.165, 1.54) is 24.1 Å². The summed E-state index contributed by atoms with van der Waals surface area (Å²) in [7, 11) is 2.25. The third-order valence-electron chi connectivity index (χ3n) is 5.74. The van der Waals surface area contributed by atoms with E-state index in [1.807, 2.05) is 18.2 Å². The molecule has 6 heteroatoms. The van der Waals surface area contributed by atoms with Gasteiger partial charge in [0.25, 0.3) is 0 Å². The lowest BCUT2D eigenvalue weighted by Crippen LogP contribution is -2.47. The van der Waals surface area contributed by atoms with Crippen LogP contribution in [0.3, 0.4) is 0 Å². The molecule has 1 aromatic heterocycles. The highest BCUT2D eigenvalue weighted by Gasteiger charge is 2.46. The minimum absolute atomic E-state index is 0.425. The molecule has 2 aliphatic rings. The quantitative estimate of drug-likeness (QED) is 0.575. The molecule has 0 amide bonds. The molecular weight excluding hydrogens is 397 g/mol. The molecule has 3 heterocycles. The van der Waals surface area contributed by atoms with Crippen molar-refractivity contribution in [1.82, 2.24) is 4.90 Å². The molecule has 2 saturated heterocycles. The Balaban J connectivity index is 1.58. The Hall–Kier alpha value is -0.450. The molecule has 0 N–H and O–H groups in total. The molecule has 2 aromatic rings. The fraction of sp³-hybridized carbons (Fsp3) is 0.474. The van der Waals surface area contributed by atoms with Gasteiger partial charge < -0.3 is 9.64 Å². The average Bonchev–Trinajstić information content (AvgIpc) is 3.11. The van der Waals surface area contributed by atoms with Crippen LogP contribution in [0.25, 0.3) is 0 Å². The molecule has 2 fully saturated rings. The van der Waals surface area contributed by atoms with Crippen molar-refractivity contribution in [3.05, 3.63) is 49.6 Å². The van der Waals surface area contributed by atoms with Gasteiger partial charge in [0.1, 0.15) is 10.8 Å². The summed E-state index contributed by atoms with van der Waals surface area (Å²) in [6, 6.07) is 10.9. The molecule has 1 aromatic carbocycles. The Labute approximate surface area is 167 Å². The second-order valence-corrected chi connectivity index (χ2v) is 9.51. The summed E-state index contributed by atoms with van der Waals surface area (Å²) in [5.74, 6) is 1.58. The minimum Gasteiger partial charge on any atom is -0.492 e. The van der Waals surface area contributed by atoms with Crippen molar-refractivity contribution in [2.75, 3.05) is 13.7 Å². The van der Waals surface area contributed by atoms with Gasteiger partial charge in [-0.05, 0) is 50.6 Å². The van der Waals surface area contributed by atoms with E-state index in [4.69, 9.17) is 39.5 Å². The van der Waals surface area contributed by atoms with Crippen molar-refractivity contribution in [2.45, 2.75) is 37.3 Å². The number of hydrogen-bond acceptors (Lipinski definition) is 3. The number of nitrogens with zero attached hydrogens (tertiary/aromatic N) is 1. The van der Waals surface area contributed by atoms with Crippen LogP contribution in [0, 0.1) is 5.92 Å². The molecule has 2 bridgehead atoms. The van der Waals surface area contributed by atoms with Gasteiger partial charge in [0, 0.05) is 28.8 Å². The van der Waals surface area contributed by atoms with Gasteiger partial charge in [-0.2, -0.15) is 0 Å². The molecule has 25 heavy (non-hydrogen) atoms. The lowest BCUT2D eigenvalue weighted by atomic mass is 9.80. The molecular formula is C19H20Cl3NOS. The van der Waals surface area contributed by atoms with E-state index in [2.05, 4.69) is 18.0 Å². The number of thiophene rings is 1. The number of halogens is 3. The number of hydrogen-bond donors (Lipinski definition) is 0. The number of fused-ring (bicyclic) bond motifs is 2. The van der Waals surface area contributed by atoms with Gasteiger partial charge in [-0.25, -0.2) is 0 Å². The molecule has 2 aliphatic heterocycles. The number of benzene rings is 1. The highest BCUT2D eigenvalue weighted by molar-refractivity contribution is 7.16. The first kappa shape index (κ1) is 17.9. The van der Waals surface area contributed by atoms with Crippen molar-refractivity contribution >= 4 is 46.1 Å². The Morgan fingerprint density at radius 2 is 2.00 bits per heavy atom. The first-order valence-corrected chi connectivity index (χ1v) is 10.5. The van der Waals surface area contributed by atoms with Crippen molar-refractivity contribution in [3.63, 3.8) is 0 Å². The van der Waals surface area contributed by atoms with Crippen molar-refractivity contribution in [2.24, 2.45) is 5.92 Å².